The molecule has 2 aromatic rings. The largest absolute Gasteiger partial charge is 0.339 e. The lowest BCUT2D eigenvalue weighted by Crippen LogP contribution is -2.04. The smallest absolute Gasteiger partial charge is 0.226 e. The predicted octanol–water partition coefficient (Wildman–Crippen LogP) is 1.75. The fraction of sp³-hybridized carbons (Fsp3) is 0.385. The average molecular weight is 231 g/mol. The highest BCUT2D eigenvalue weighted by atomic mass is 16.5. The van der Waals surface area contributed by atoms with Crippen molar-refractivity contribution in [3.63, 3.8) is 0 Å². The van der Waals surface area contributed by atoms with Gasteiger partial charge in [0.15, 0.2) is 5.82 Å². The molecule has 0 saturated carbocycles. The summed E-state index contributed by atoms with van der Waals surface area (Å²) in [6.45, 7) is 0.559. The molecule has 0 atom stereocenters. The molecule has 0 aliphatic heterocycles. The Morgan fingerprint density at radius 2 is 1.88 bits per heavy atom. The van der Waals surface area contributed by atoms with Crippen LogP contribution >= 0.6 is 0 Å². The lowest BCUT2D eigenvalue weighted by molar-refractivity contribution is 0.370. The lowest BCUT2D eigenvalue weighted by Gasteiger charge is -1.97. The summed E-state index contributed by atoms with van der Waals surface area (Å²) >= 11 is 0. The highest BCUT2D eigenvalue weighted by Crippen LogP contribution is 2.07. The average Bonchev–Trinajstić information content (AvgIpc) is 2.79. The Balaban J connectivity index is 1.78. The molecule has 2 N–H and O–H groups in total. The van der Waals surface area contributed by atoms with Crippen LogP contribution in [0.2, 0.25) is 0 Å². The van der Waals surface area contributed by atoms with Crippen LogP contribution in [-0.2, 0) is 19.3 Å². The van der Waals surface area contributed by atoms with Crippen LogP contribution in [0.1, 0.15) is 23.7 Å². The summed E-state index contributed by atoms with van der Waals surface area (Å²) in [5, 5.41) is 3.87. The van der Waals surface area contributed by atoms with E-state index in [1.54, 1.807) is 0 Å². The standard InChI is InChI=1S/C13H17N3O/c14-10-9-12-15-13(17-16-12)8-4-7-11-5-2-1-3-6-11/h1-3,5-6H,4,7-10,14H2. The number of rotatable bonds is 6. The van der Waals surface area contributed by atoms with E-state index in [4.69, 9.17) is 10.3 Å². The summed E-state index contributed by atoms with van der Waals surface area (Å²) < 4.78 is 5.14. The molecule has 0 fully saturated rings. The van der Waals surface area contributed by atoms with Crippen molar-refractivity contribution in [2.45, 2.75) is 25.7 Å². The topological polar surface area (TPSA) is 64.9 Å². The number of hydrogen-bond acceptors (Lipinski definition) is 4. The maximum Gasteiger partial charge on any atom is 0.226 e. The molecule has 1 aromatic heterocycles. The molecule has 17 heavy (non-hydrogen) atoms. The first kappa shape index (κ1) is 11.8. The van der Waals surface area contributed by atoms with Crippen molar-refractivity contribution in [3.8, 4) is 0 Å². The molecule has 0 spiro atoms. The van der Waals surface area contributed by atoms with Crippen molar-refractivity contribution < 1.29 is 4.52 Å². The number of hydrogen-bond donors (Lipinski definition) is 1. The lowest BCUT2D eigenvalue weighted by atomic mass is 10.1. The first-order valence-corrected chi connectivity index (χ1v) is 5.94. The van der Waals surface area contributed by atoms with E-state index >= 15 is 0 Å². The van der Waals surface area contributed by atoms with Crippen molar-refractivity contribution in [1.82, 2.24) is 10.1 Å². The van der Waals surface area contributed by atoms with Gasteiger partial charge in [0.2, 0.25) is 5.89 Å². The molecule has 1 aromatic carbocycles. The Labute approximate surface area is 101 Å². The monoisotopic (exact) mass is 231 g/mol. The molecule has 0 saturated heterocycles. The second-order valence-electron chi connectivity index (χ2n) is 3.98. The van der Waals surface area contributed by atoms with Gasteiger partial charge in [-0.3, -0.25) is 0 Å². The normalized spacial score (nSPS) is 10.6. The molecular formula is C13H17N3O. The van der Waals surface area contributed by atoms with Crippen molar-refractivity contribution in [2.24, 2.45) is 5.73 Å². The SMILES string of the molecule is NCCc1noc(CCCc2ccccc2)n1. The van der Waals surface area contributed by atoms with Gasteiger partial charge in [-0.05, 0) is 24.9 Å². The molecule has 4 heteroatoms. The van der Waals surface area contributed by atoms with Gasteiger partial charge < -0.3 is 10.3 Å². The fourth-order valence-corrected chi connectivity index (χ4v) is 1.71. The molecule has 0 unspecified atom stereocenters. The summed E-state index contributed by atoms with van der Waals surface area (Å²) in [4.78, 5) is 4.27. The molecular weight excluding hydrogens is 214 g/mol. The number of benzene rings is 1. The first-order valence-electron chi connectivity index (χ1n) is 5.94. The third-order valence-electron chi connectivity index (χ3n) is 2.58. The van der Waals surface area contributed by atoms with Crippen LogP contribution in [0.4, 0.5) is 0 Å². The highest BCUT2D eigenvalue weighted by molar-refractivity contribution is 5.14. The Bertz CT molecular complexity index is 439. The number of aromatic nitrogens is 2. The number of nitrogens with zero attached hydrogens (tertiary/aromatic N) is 2. The zero-order valence-electron chi connectivity index (χ0n) is 9.80. The predicted molar refractivity (Wildman–Crippen MR) is 65.5 cm³/mol. The van der Waals surface area contributed by atoms with E-state index in [1.165, 1.54) is 5.56 Å². The van der Waals surface area contributed by atoms with Crippen LogP contribution < -0.4 is 5.73 Å². The summed E-state index contributed by atoms with van der Waals surface area (Å²) in [5.41, 5.74) is 6.77. The highest BCUT2D eigenvalue weighted by Gasteiger charge is 2.04. The molecule has 4 nitrogen and oxygen atoms in total. The van der Waals surface area contributed by atoms with Crippen LogP contribution in [0.25, 0.3) is 0 Å². The van der Waals surface area contributed by atoms with Gasteiger partial charge in [0.1, 0.15) is 0 Å². The molecule has 0 aliphatic rings. The van der Waals surface area contributed by atoms with Gasteiger partial charge in [-0.15, -0.1) is 0 Å². The fourth-order valence-electron chi connectivity index (χ4n) is 1.71. The number of nitrogens with two attached hydrogens (primary N) is 1. The molecule has 1 heterocycles. The summed E-state index contributed by atoms with van der Waals surface area (Å²) in [6.07, 6.45) is 3.57. The van der Waals surface area contributed by atoms with Crippen molar-refractivity contribution in [2.75, 3.05) is 6.54 Å². The second kappa shape index (κ2) is 6.15. The summed E-state index contributed by atoms with van der Waals surface area (Å²) in [5.74, 6) is 1.42. The van der Waals surface area contributed by atoms with E-state index in [2.05, 4.69) is 34.4 Å². The number of aryl methyl sites for hydroxylation is 2. The first-order chi connectivity index (χ1) is 8.38. The van der Waals surface area contributed by atoms with Crippen LogP contribution in [0.5, 0.6) is 0 Å². The zero-order valence-corrected chi connectivity index (χ0v) is 9.80. The Morgan fingerprint density at radius 3 is 2.65 bits per heavy atom. The van der Waals surface area contributed by atoms with E-state index < -0.39 is 0 Å². The minimum atomic E-state index is 0.559. The van der Waals surface area contributed by atoms with Crippen LogP contribution in [-0.4, -0.2) is 16.7 Å². The van der Waals surface area contributed by atoms with Gasteiger partial charge in [0.05, 0.1) is 0 Å². The van der Waals surface area contributed by atoms with Gasteiger partial charge in [-0.2, -0.15) is 4.98 Å². The van der Waals surface area contributed by atoms with Gasteiger partial charge in [-0.25, -0.2) is 0 Å². The Hall–Kier alpha value is -1.68. The van der Waals surface area contributed by atoms with Crippen molar-refractivity contribution >= 4 is 0 Å². The van der Waals surface area contributed by atoms with E-state index in [-0.39, 0.29) is 0 Å². The van der Waals surface area contributed by atoms with Crippen LogP contribution in [0.15, 0.2) is 34.9 Å². The Morgan fingerprint density at radius 1 is 1.06 bits per heavy atom. The summed E-state index contributed by atoms with van der Waals surface area (Å²) in [7, 11) is 0. The Kier molecular flexibility index (Phi) is 4.27. The second-order valence-corrected chi connectivity index (χ2v) is 3.98. The van der Waals surface area contributed by atoms with Gasteiger partial charge in [-0.1, -0.05) is 35.5 Å². The molecule has 2 rings (SSSR count). The quantitative estimate of drug-likeness (QED) is 0.822. The van der Waals surface area contributed by atoms with Gasteiger partial charge in [0.25, 0.3) is 0 Å². The summed E-state index contributed by atoms with van der Waals surface area (Å²) in [6, 6.07) is 10.4. The minimum Gasteiger partial charge on any atom is -0.339 e. The van der Waals surface area contributed by atoms with Gasteiger partial charge in [0, 0.05) is 12.8 Å². The van der Waals surface area contributed by atoms with E-state index in [0.717, 1.165) is 19.3 Å². The van der Waals surface area contributed by atoms with Crippen LogP contribution in [0.3, 0.4) is 0 Å². The maximum atomic E-state index is 5.42. The molecule has 0 radical (unpaired) electrons. The van der Waals surface area contributed by atoms with Crippen molar-refractivity contribution in [3.05, 3.63) is 47.6 Å². The van der Waals surface area contributed by atoms with Crippen LogP contribution in [0, 0.1) is 0 Å². The minimum absolute atomic E-state index is 0.559. The maximum absolute atomic E-state index is 5.42. The van der Waals surface area contributed by atoms with Crippen molar-refractivity contribution in [1.29, 1.82) is 0 Å². The molecule has 90 valence electrons. The molecule has 0 bridgehead atoms. The zero-order chi connectivity index (χ0) is 11.9. The third kappa shape index (κ3) is 3.67. The van der Waals surface area contributed by atoms with E-state index in [9.17, 15) is 0 Å². The van der Waals surface area contributed by atoms with E-state index in [0.29, 0.717) is 24.7 Å². The third-order valence-corrected chi connectivity index (χ3v) is 2.58. The van der Waals surface area contributed by atoms with E-state index in [1.807, 2.05) is 6.07 Å². The van der Waals surface area contributed by atoms with Gasteiger partial charge >= 0.3 is 0 Å². The molecule has 0 amide bonds. The molecule has 0 aliphatic carbocycles.